The summed E-state index contributed by atoms with van der Waals surface area (Å²) in [5, 5.41) is 0. The van der Waals surface area contributed by atoms with Crippen molar-refractivity contribution in [3.05, 3.63) is 30.1 Å². The first-order valence-electron chi connectivity index (χ1n) is 4.20. The van der Waals surface area contributed by atoms with Crippen molar-refractivity contribution in [1.82, 2.24) is 4.98 Å². The van der Waals surface area contributed by atoms with Crippen molar-refractivity contribution in [2.24, 2.45) is 11.8 Å². The number of nitrogens with zero attached hydrogens (tertiary/aromatic N) is 1. The van der Waals surface area contributed by atoms with Crippen LogP contribution in [0.15, 0.2) is 24.5 Å². The maximum absolute atomic E-state index is 4.01. The van der Waals surface area contributed by atoms with Crippen LogP contribution in [0.5, 0.6) is 0 Å². The first-order valence-corrected chi connectivity index (χ1v) is 4.20. The maximum atomic E-state index is 4.01. The van der Waals surface area contributed by atoms with Gasteiger partial charge in [-0.2, -0.15) is 0 Å². The molecule has 0 bridgehead atoms. The molecule has 11 heavy (non-hydrogen) atoms. The van der Waals surface area contributed by atoms with Crippen LogP contribution >= 0.6 is 0 Å². The zero-order valence-corrected chi connectivity index (χ0v) is 6.99. The number of hydrogen-bond acceptors (Lipinski definition) is 1. The molecule has 2 unspecified atom stereocenters. The fraction of sp³-hybridized carbons (Fsp3) is 0.500. The van der Waals surface area contributed by atoms with Gasteiger partial charge in [-0.15, -0.1) is 0 Å². The molecule has 0 amide bonds. The Bertz CT molecular complexity index is 234. The fourth-order valence-corrected chi connectivity index (χ4v) is 1.86. The van der Waals surface area contributed by atoms with Crippen molar-refractivity contribution in [3.8, 4) is 0 Å². The highest BCUT2D eigenvalue weighted by molar-refractivity contribution is 5.24. The molecular formula is C10H13N. The summed E-state index contributed by atoms with van der Waals surface area (Å²) in [6.07, 6.45) is 3.76. The average Bonchev–Trinajstić information content (AvgIpc) is 2.62. The van der Waals surface area contributed by atoms with E-state index >= 15 is 0 Å². The van der Waals surface area contributed by atoms with Gasteiger partial charge in [0.05, 0.1) is 0 Å². The SMILES string of the molecule is CC1C(C)C1c1ccncc1. The van der Waals surface area contributed by atoms with Crippen molar-refractivity contribution < 1.29 is 0 Å². The van der Waals surface area contributed by atoms with Crippen molar-refractivity contribution in [2.45, 2.75) is 19.8 Å². The summed E-state index contributed by atoms with van der Waals surface area (Å²) in [5.74, 6) is 2.55. The van der Waals surface area contributed by atoms with Gasteiger partial charge in [-0.1, -0.05) is 13.8 Å². The third kappa shape index (κ3) is 1.05. The van der Waals surface area contributed by atoms with E-state index in [2.05, 4.69) is 31.0 Å². The zero-order chi connectivity index (χ0) is 7.84. The van der Waals surface area contributed by atoms with Crippen molar-refractivity contribution in [3.63, 3.8) is 0 Å². The third-order valence-electron chi connectivity index (χ3n) is 2.91. The van der Waals surface area contributed by atoms with Gasteiger partial charge in [-0.05, 0) is 35.4 Å². The summed E-state index contributed by atoms with van der Waals surface area (Å²) in [5.41, 5.74) is 1.46. The third-order valence-corrected chi connectivity index (χ3v) is 2.91. The number of rotatable bonds is 1. The molecule has 1 heteroatoms. The quantitative estimate of drug-likeness (QED) is 0.594. The highest BCUT2D eigenvalue weighted by atomic mass is 14.6. The van der Waals surface area contributed by atoms with E-state index in [1.165, 1.54) is 5.56 Å². The minimum absolute atomic E-state index is 0.804. The first-order chi connectivity index (χ1) is 5.30. The molecule has 0 spiro atoms. The number of pyridine rings is 1. The van der Waals surface area contributed by atoms with E-state index in [1.807, 2.05) is 12.4 Å². The van der Waals surface area contributed by atoms with Crippen LogP contribution < -0.4 is 0 Å². The van der Waals surface area contributed by atoms with E-state index in [1.54, 1.807) is 0 Å². The fourth-order valence-electron chi connectivity index (χ4n) is 1.86. The van der Waals surface area contributed by atoms with Gasteiger partial charge < -0.3 is 0 Å². The topological polar surface area (TPSA) is 12.9 Å². The highest BCUT2D eigenvalue weighted by Crippen LogP contribution is 2.52. The molecule has 1 saturated carbocycles. The highest BCUT2D eigenvalue weighted by Gasteiger charge is 2.43. The molecule has 58 valence electrons. The summed E-state index contributed by atoms with van der Waals surface area (Å²) in [6.45, 7) is 4.63. The molecule has 0 aromatic carbocycles. The number of hydrogen-bond donors (Lipinski definition) is 0. The normalized spacial score (nSPS) is 35.3. The van der Waals surface area contributed by atoms with Gasteiger partial charge in [0.2, 0.25) is 0 Å². The molecule has 1 aromatic heterocycles. The van der Waals surface area contributed by atoms with Crippen LogP contribution in [0, 0.1) is 11.8 Å². The second-order valence-corrected chi connectivity index (χ2v) is 3.52. The van der Waals surface area contributed by atoms with E-state index in [9.17, 15) is 0 Å². The van der Waals surface area contributed by atoms with Crippen molar-refractivity contribution in [1.29, 1.82) is 0 Å². The summed E-state index contributed by atoms with van der Waals surface area (Å²) in [4.78, 5) is 4.01. The van der Waals surface area contributed by atoms with Gasteiger partial charge in [-0.3, -0.25) is 4.98 Å². The van der Waals surface area contributed by atoms with Crippen LogP contribution in [0.4, 0.5) is 0 Å². The minimum atomic E-state index is 0.804. The van der Waals surface area contributed by atoms with Gasteiger partial charge >= 0.3 is 0 Å². The molecule has 1 heterocycles. The maximum Gasteiger partial charge on any atom is 0.0270 e. The largest absolute Gasteiger partial charge is 0.265 e. The van der Waals surface area contributed by atoms with E-state index in [4.69, 9.17) is 0 Å². The predicted octanol–water partition coefficient (Wildman–Crippen LogP) is 2.45. The average molecular weight is 147 g/mol. The molecule has 0 aliphatic heterocycles. The Labute approximate surface area is 67.5 Å². The van der Waals surface area contributed by atoms with Crippen molar-refractivity contribution >= 4 is 0 Å². The zero-order valence-electron chi connectivity index (χ0n) is 6.99. The Morgan fingerprint density at radius 3 is 2.09 bits per heavy atom. The molecule has 1 aliphatic rings. The predicted molar refractivity (Wildman–Crippen MR) is 45.3 cm³/mol. The first kappa shape index (κ1) is 6.84. The molecule has 2 rings (SSSR count). The molecule has 0 saturated heterocycles. The lowest BCUT2D eigenvalue weighted by Gasteiger charge is -1.95. The van der Waals surface area contributed by atoms with Crippen LogP contribution in [0.1, 0.15) is 25.3 Å². The van der Waals surface area contributed by atoms with Gasteiger partial charge in [-0.25, -0.2) is 0 Å². The summed E-state index contributed by atoms with van der Waals surface area (Å²) >= 11 is 0. The molecule has 1 aromatic rings. The second-order valence-electron chi connectivity index (χ2n) is 3.52. The monoisotopic (exact) mass is 147 g/mol. The Kier molecular flexibility index (Phi) is 1.45. The van der Waals surface area contributed by atoms with Gasteiger partial charge in [0.25, 0.3) is 0 Å². The smallest absolute Gasteiger partial charge is 0.0270 e. The lowest BCUT2D eigenvalue weighted by Crippen LogP contribution is -1.81. The second kappa shape index (κ2) is 2.33. The molecule has 0 N–H and O–H groups in total. The molecule has 0 radical (unpaired) electrons. The lowest BCUT2D eigenvalue weighted by atomic mass is 10.1. The molecule has 1 nitrogen and oxygen atoms in total. The van der Waals surface area contributed by atoms with E-state index in [-0.39, 0.29) is 0 Å². The Balaban J connectivity index is 2.20. The van der Waals surface area contributed by atoms with Gasteiger partial charge in [0.15, 0.2) is 0 Å². The minimum Gasteiger partial charge on any atom is -0.265 e. The molecule has 2 atom stereocenters. The van der Waals surface area contributed by atoms with Crippen LogP contribution in [-0.4, -0.2) is 4.98 Å². The van der Waals surface area contributed by atoms with Gasteiger partial charge in [0.1, 0.15) is 0 Å². The van der Waals surface area contributed by atoms with Crippen molar-refractivity contribution in [2.75, 3.05) is 0 Å². The van der Waals surface area contributed by atoms with Gasteiger partial charge in [0, 0.05) is 12.4 Å². The van der Waals surface area contributed by atoms with Crippen LogP contribution in [0.3, 0.4) is 0 Å². The van der Waals surface area contributed by atoms with E-state index in [0.29, 0.717) is 0 Å². The van der Waals surface area contributed by atoms with Crippen LogP contribution in [0.2, 0.25) is 0 Å². The standard InChI is InChI=1S/C10H13N/c1-7-8(2)10(7)9-3-5-11-6-4-9/h3-8,10H,1-2H3. The van der Waals surface area contributed by atoms with Crippen LogP contribution in [0.25, 0.3) is 0 Å². The van der Waals surface area contributed by atoms with Crippen LogP contribution in [-0.2, 0) is 0 Å². The molecule has 1 aliphatic carbocycles. The molecule has 1 fully saturated rings. The summed E-state index contributed by atoms with van der Waals surface area (Å²) in [6, 6.07) is 4.26. The number of aromatic nitrogens is 1. The van der Waals surface area contributed by atoms with E-state index < -0.39 is 0 Å². The Morgan fingerprint density at radius 1 is 1.09 bits per heavy atom. The molecular weight excluding hydrogens is 134 g/mol. The lowest BCUT2D eigenvalue weighted by molar-refractivity contribution is 0.834. The van der Waals surface area contributed by atoms with E-state index in [0.717, 1.165) is 17.8 Å². The Morgan fingerprint density at radius 2 is 1.64 bits per heavy atom. The summed E-state index contributed by atoms with van der Waals surface area (Å²) < 4.78 is 0. The Hall–Kier alpha value is -0.850. The summed E-state index contributed by atoms with van der Waals surface area (Å²) in [7, 11) is 0.